The third-order valence-electron chi connectivity index (χ3n) is 2.74. The highest BCUT2D eigenvalue weighted by Gasteiger charge is 2.16. The molecular formula is C11H16N6S. The largest absolute Gasteiger partial charge is 0.389 e. The third kappa shape index (κ3) is 2.08. The summed E-state index contributed by atoms with van der Waals surface area (Å²) in [7, 11) is 3.73. The molecule has 7 heteroatoms. The zero-order chi connectivity index (χ0) is 13.4. The molecule has 0 radical (unpaired) electrons. The predicted octanol–water partition coefficient (Wildman–Crippen LogP) is 1.15. The average Bonchev–Trinajstić information content (AvgIpc) is 2.68. The van der Waals surface area contributed by atoms with Gasteiger partial charge in [0.2, 0.25) is 0 Å². The SMILES string of the molecule is Cc1nn(C)cc1Nc1c(C(N)=S)c(C)nn1C. The third-order valence-corrected chi connectivity index (χ3v) is 2.94. The molecule has 0 bridgehead atoms. The topological polar surface area (TPSA) is 73.7 Å². The summed E-state index contributed by atoms with van der Waals surface area (Å²) in [6, 6.07) is 0. The van der Waals surface area contributed by atoms with Crippen LogP contribution in [0.3, 0.4) is 0 Å². The van der Waals surface area contributed by atoms with Gasteiger partial charge in [-0.2, -0.15) is 10.2 Å². The molecule has 0 aliphatic rings. The van der Waals surface area contributed by atoms with Crippen LogP contribution in [0, 0.1) is 13.8 Å². The number of hydrogen-bond donors (Lipinski definition) is 2. The van der Waals surface area contributed by atoms with Gasteiger partial charge in [-0.25, -0.2) is 0 Å². The number of rotatable bonds is 3. The van der Waals surface area contributed by atoms with Crippen LogP contribution in [0.4, 0.5) is 11.5 Å². The predicted molar refractivity (Wildman–Crippen MR) is 75.1 cm³/mol. The lowest BCUT2D eigenvalue weighted by Gasteiger charge is -2.07. The first-order valence-electron chi connectivity index (χ1n) is 5.50. The summed E-state index contributed by atoms with van der Waals surface area (Å²) in [6.07, 6.45) is 1.90. The molecule has 6 nitrogen and oxygen atoms in total. The van der Waals surface area contributed by atoms with Crippen molar-refractivity contribution in [1.29, 1.82) is 0 Å². The van der Waals surface area contributed by atoms with Gasteiger partial charge in [0.1, 0.15) is 10.8 Å². The van der Waals surface area contributed by atoms with Crippen molar-refractivity contribution in [2.45, 2.75) is 13.8 Å². The van der Waals surface area contributed by atoms with E-state index in [0.29, 0.717) is 4.99 Å². The van der Waals surface area contributed by atoms with E-state index in [9.17, 15) is 0 Å². The van der Waals surface area contributed by atoms with Gasteiger partial charge in [0.25, 0.3) is 0 Å². The smallest absolute Gasteiger partial charge is 0.139 e. The van der Waals surface area contributed by atoms with E-state index < -0.39 is 0 Å². The number of hydrogen-bond acceptors (Lipinski definition) is 4. The minimum Gasteiger partial charge on any atom is -0.389 e. The maximum atomic E-state index is 5.74. The Labute approximate surface area is 111 Å². The first-order chi connectivity index (χ1) is 8.40. The first-order valence-corrected chi connectivity index (χ1v) is 5.91. The van der Waals surface area contributed by atoms with Gasteiger partial charge in [-0.3, -0.25) is 9.36 Å². The van der Waals surface area contributed by atoms with E-state index in [-0.39, 0.29) is 0 Å². The van der Waals surface area contributed by atoms with Gasteiger partial charge in [0.05, 0.1) is 22.6 Å². The van der Waals surface area contributed by atoms with E-state index in [2.05, 4.69) is 15.5 Å². The second kappa shape index (κ2) is 4.41. The fourth-order valence-electron chi connectivity index (χ4n) is 1.95. The van der Waals surface area contributed by atoms with E-state index in [1.807, 2.05) is 34.1 Å². The maximum absolute atomic E-state index is 5.74. The minimum absolute atomic E-state index is 0.338. The Balaban J connectivity index is 2.46. The van der Waals surface area contributed by atoms with Crippen molar-refractivity contribution >= 4 is 28.7 Å². The van der Waals surface area contributed by atoms with E-state index in [0.717, 1.165) is 28.5 Å². The van der Waals surface area contributed by atoms with Gasteiger partial charge in [-0.1, -0.05) is 12.2 Å². The number of aryl methyl sites for hydroxylation is 4. The van der Waals surface area contributed by atoms with Crippen molar-refractivity contribution in [3.63, 3.8) is 0 Å². The molecule has 3 N–H and O–H groups in total. The lowest BCUT2D eigenvalue weighted by atomic mass is 10.2. The molecule has 96 valence electrons. The fraction of sp³-hybridized carbons (Fsp3) is 0.364. The monoisotopic (exact) mass is 264 g/mol. The minimum atomic E-state index is 0.338. The zero-order valence-electron chi connectivity index (χ0n) is 10.9. The Hall–Kier alpha value is -1.89. The van der Waals surface area contributed by atoms with Crippen molar-refractivity contribution in [2.75, 3.05) is 5.32 Å². The van der Waals surface area contributed by atoms with Crippen LogP contribution >= 0.6 is 12.2 Å². The lowest BCUT2D eigenvalue weighted by Crippen LogP contribution is -2.13. The molecule has 2 rings (SSSR count). The Morgan fingerprint density at radius 2 is 1.94 bits per heavy atom. The number of nitrogens with zero attached hydrogens (tertiary/aromatic N) is 4. The number of anilines is 2. The Morgan fingerprint density at radius 1 is 1.28 bits per heavy atom. The summed E-state index contributed by atoms with van der Waals surface area (Å²) < 4.78 is 3.48. The molecule has 2 heterocycles. The molecule has 0 aromatic carbocycles. The van der Waals surface area contributed by atoms with Gasteiger partial charge in [0, 0.05) is 20.3 Å². The molecule has 18 heavy (non-hydrogen) atoms. The normalized spacial score (nSPS) is 10.7. The van der Waals surface area contributed by atoms with Crippen molar-refractivity contribution < 1.29 is 0 Å². The van der Waals surface area contributed by atoms with Gasteiger partial charge < -0.3 is 11.1 Å². The van der Waals surface area contributed by atoms with Crippen LogP contribution in [0.1, 0.15) is 17.0 Å². The summed E-state index contributed by atoms with van der Waals surface area (Å²) >= 11 is 5.07. The summed E-state index contributed by atoms with van der Waals surface area (Å²) in [4.78, 5) is 0.338. The maximum Gasteiger partial charge on any atom is 0.139 e. The van der Waals surface area contributed by atoms with Crippen LogP contribution < -0.4 is 11.1 Å². The molecule has 2 aromatic rings. The van der Waals surface area contributed by atoms with Crippen LogP contribution in [-0.2, 0) is 14.1 Å². The van der Waals surface area contributed by atoms with Crippen molar-refractivity contribution in [3.05, 3.63) is 23.1 Å². The molecule has 0 aliphatic heterocycles. The van der Waals surface area contributed by atoms with Gasteiger partial charge in [0.15, 0.2) is 0 Å². The van der Waals surface area contributed by atoms with E-state index in [1.54, 1.807) is 9.36 Å². The average molecular weight is 264 g/mol. The number of nitrogens with one attached hydrogen (secondary N) is 1. The molecule has 0 aliphatic carbocycles. The quantitative estimate of drug-likeness (QED) is 0.813. The summed E-state index contributed by atoms with van der Waals surface area (Å²) in [6.45, 7) is 3.82. The molecule has 0 unspecified atom stereocenters. The summed E-state index contributed by atoms with van der Waals surface area (Å²) in [5.41, 5.74) is 9.15. The molecule has 0 saturated carbocycles. The van der Waals surface area contributed by atoms with Gasteiger partial charge in [-0.05, 0) is 13.8 Å². The standard InChI is InChI=1S/C11H16N6S/c1-6-8(5-16(3)14-6)13-11-9(10(12)18)7(2)15-17(11)4/h5,13H,1-4H3,(H2,12,18). The second-order valence-corrected chi connectivity index (χ2v) is 4.66. The molecule has 2 aromatic heterocycles. The van der Waals surface area contributed by atoms with Crippen LogP contribution in [0.2, 0.25) is 0 Å². The summed E-state index contributed by atoms with van der Waals surface area (Å²) in [5.74, 6) is 0.788. The van der Waals surface area contributed by atoms with Gasteiger partial charge in [-0.15, -0.1) is 0 Å². The highest BCUT2D eigenvalue weighted by atomic mass is 32.1. The van der Waals surface area contributed by atoms with Crippen LogP contribution in [0.15, 0.2) is 6.20 Å². The van der Waals surface area contributed by atoms with E-state index >= 15 is 0 Å². The molecule has 0 saturated heterocycles. The lowest BCUT2D eigenvalue weighted by molar-refractivity contribution is 0.756. The van der Waals surface area contributed by atoms with Crippen molar-refractivity contribution in [2.24, 2.45) is 19.8 Å². The first kappa shape index (κ1) is 12.6. The highest BCUT2D eigenvalue weighted by Crippen LogP contribution is 2.24. The Kier molecular flexibility index (Phi) is 3.08. The number of thiocarbonyl (C=S) groups is 1. The molecule has 0 spiro atoms. The fourth-order valence-corrected chi connectivity index (χ4v) is 2.19. The molecule has 0 amide bonds. The number of aromatic nitrogens is 4. The van der Waals surface area contributed by atoms with Crippen LogP contribution in [0.25, 0.3) is 0 Å². The van der Waals surface area contributed by atoms with E-state index in [1.165, 1.54) is 0 Å². The Bertz CT molecular complexity index is 609. The molecular weight excluding hydrogens is 248 g/mol. The van der Waals surface area contributed by atoms with Crippen molar-refractivity contribution in [1.82, 2.24) is 19.6 Å². The zero-order valence-corrected chi connectivity index (χ0v) is 11.7. The van der Waals surface area contributed by atoms with Crippen molar-refractivity contribution in [3.8, 4) is 0 Å². The van der Waals surface area contributed by atoms with E-state index in [4.69, 9.17) is 18.0 Å². The highest BCUT2D eigenvalue weighted by molar-refractivity contribution is 7.80. The molecule has 0 atom stereocenters. The van der Waals surface area contributed by atoms with Crippen LogP contribution in [0.5, 0.6) is 0 Å². The second-order valence-electron chi connectivity index (χ2n) is 4.22. The molecule has 0 fully saturated rings. The van der Waals surface area contributed by atoms with Crippen LogP contribution in [-0.4, -0.2) is 24.5 Å². The van der Waals surface area contributed by atoms with Gasteiger partial charge >= 0.3 is 0 Å². The number of nitrogens with two attached hydrogens (primary N) is 1. The summed E-state index contributed by atoms with van der Waals surface area (Å²) in [5, 5.41) is 11.9. The Morgan fingerprint density at radius 3 is 2.44 bits per heavy atom.